The van der Waals surface area contributed by atoms with Gasteiger partial charge in [0.15, 0.2) is 0 Å². The van der Waals surface area contributed by atoms with E-state index in [1.165, 1.54) is 6.42 Å². The Morgan fingerprint density at radius 1 is 1.35 bits per heavy atom. The number of hydrogen-bond donors (Lipinski definition) is 2. The number of carbonyl (C=O) groups excluding carboxylic acids is 1. The van der Waals surface area contributed by atoms with Crippen LogP contribution in [0.25, 0.3) is 0 Å². The van der Waals surface area contributed by atoms with Crippen molar-refractivity contribution < 1.29 is 19.4 Å². The maximum atomic E-state index is 12.0. The van der Waals surface area contributed by atoms with E-state index in [9.17, 15) is 9.59 Å². The molecule has 2 rings (SSSR count). The Hall–Kier alpha value is -1.30. The molecule has 3 atom stereocenters. The Balaban J connectivity index is 1.71. The van der Waals surface area contributed by atoms with Crippen LogP contribution in [0.2, 0.25) is 0 Å². The summed E-state index contributed by atoms with van der Waals surface area (Å²) in [6, 6.07) is -0.393. The van der Waals surface area contributed by atoms with Crippen molar-refractivity contribution in [3.63, 3.8) is 0 Å². The number of carboxylic acids is 1. The van der Waals surface area contributed by atoms with Crippen molar-refractivity contribution >= 4 is 12.0 Å². The molecule has 6 nitrogen and oxygen atoms in total. The van der Waals surface area contributed by atoms with E-state index in [2.05, 4.69) is 5.32 Å². The van der Waals surface area contributed by atoms with Crippen LogP contribution in [-0.4, -0.2) is 53.8 Å². The molecule has 3 unspecified atom stereocenters. The molecule has 0 bridgehead atoms. The van der Waals surface area contributed by atoms with Gasteiger partial charge in [0.25, 0.3) is 0 Å². The second-order valence-electron chi connectivity index (χ2n) is 5.68. The van der Waals surface area contributed by atoms with Crippen LogP contribution in [0.4, 0.5) is 4.79 Å². The van der Waals surface area contributed by atoms with Crippen LogP contribution < -0.4 is 5.32 Å². The van der Waals surface area contributed by atoms with E-state index in [-0.39, 0.29) is 18.2 Å². The molecule has 0 spiro atoms. The van der Waals surface area contributed by atoms with Crippen molar-refractivity contribution in [3.05, 3.63) is 0 Å². The zero-order valence-electron chi connectivity index (χ0n) is 12.0. The highest BCUT2D eigenvalue weighted by Crippen LogP contribution is 2.24. The van der Waals surface area contributed by atoms with Crippen molar-refractivity contribution in [3.8, 4) is 0 Å². The average Bonchev–Trinajstić information content (AvgIpc) is 2.82. The maximum Gasteiger partial charge on any atom is 0.317 e. The molecule has 0 aromatic heterocycles. The Labute approximate surface area is 119 Å². The molecule has 2 heterocycles. The van der Waals surface area contributed by atoms with Crippen LogP contribution in [0.5, 0.6) is 0 Å². The first kappa shape index (κ1) is 15.1. The SMILES string of the molecule is CC1C(C(=O)O)CCN1C(=O)NCCC1CCCCO1. The molecule has 6 heteroatoms. The number of aliphatic carboxylic acids is 1. The molecule has 0 radical (unpaired) electrons. The largest absolute Gasteiger partial charge is 0.481 e. The second kappa shape index (κ2) is 6.92. The molecule has 2 saturated heterocycles. The van der Waals surface area contributed by atoms with Gasteiger partial charge in [0.2, 0.25) is 0 Å². The van der Waals surface area contributed by atoms with E-state index in [1.807, 2.05) is 0 Å². The van der Waals surface area contributed by atoms with Crippen molar-refractivity contribution in [1.82, 2.24) is 10.2 Å². The minimum atomic E-state index is -0.816. The first-order chi connectivity index (χ1) is 9.59. The number of likely N-dealkylation sites (tertiary alicyclic amines) is 1. The van der Waals surface area contributed by atoms with E-state index < -0.39 is 11.9 Å². The number of carboxylic acid groups (broad SMARTS) is 1. The minimum Gasteiger partial charge on any atom is -0.481 e. The molecule has 2 amide bonds. The van der Waals surface area contributed by atoms with Gasteiger partial charge >= 0.3 is 12.0 Å². The van der Waals surface area contributed by atoms with Crippen LogP contribution in [0.1, 0.15) is 39.0 Å². The van der Waals surface area contributed by atoms with Gasteiger partial charge in [-0.15, -0.1) is 0 Å². The quantitative estimate of drug-likeness (QED) is 0.819. The van der Waals surface area contributed by atoms with Gasteiger partial charge in [0.05, 0.1) is 12.0 Å². The van der Waals surface area contributed by atoms with E-state index in [1.54, 1.807) is 11.8 Å². The normalized spacial score (nSPS) is 30.2. The first-order valence-electron chi connectivity index (χ1n) is 7.48. The monoisotopic (exact) mass is 284 g/mol. The van der Waals surface area contributed by atoms with Crippen LogP contribution in [0, 0.1) is 5.92 Å². The number of carbonyl (C=O) groups is 2. The lowest BCUT2D eigenvalue weighted by molar-refractivity contribution is -0.142. The number of urea groups is 1. The molecule has 2 N–H and O–H groups in total. The van der Waals surface area contributed by atoms with E-state index >= 15 is 0 Å². The Kier molecular flexibility index (Phi) is 5.23. The standard InChI is InChI=1S/C14H24N2O4/c1-10-12(13(17)18)6-8-16(10)14(19)15-7-5-11-4-2-3-9-20-11/h10-12H,2-9H2,1H3,(H,15,19)(H,17,18). The highest BCUT2D eigenvalue weighted by atomic mass is 16.5. The van der Waals surface area contributed by atoms with Crippen LogP contribution >= 0.6 is 0 Å². The number of ether oxygens (including phenoxy) is 1. The molecule has 0 aromatic rings. The molecule has 0 aliphatic carbocycles. The van der Waals surface area contributed by atoms with Crippen molar-refractivity contribution in [2.75, 3.05) is 19.7 Å². The number of amides is 2. The summed E-state index contributed by atoms with van der Waals surface area (Å²) < 4.78 is 5.61. The van der Waals surface area contributed by atoms with Crippen LogP contribution in [0.15, 0.2) is 0 Å². The molecule has 0 saturated carbocycles. The van der Waals surface area contributed by atoms with E-state index in [0.29, 0.717) is 19.5 Å². The van der Waals surface area contributed by atoms with Crippen LogP contribution in [0.3, 0.4) is 0 Å². The van der Waals surface area contributed by atoms with Gasteiger partial charge in [-0.05, 0) is 39.0 Å². The maximum absolute atomic E-state index is 12.0. The number of rotatable bonds is 4. The molecule has 20 heavy (non-hydrogen) atoms. The Bertz CT molecular complexity index is 355. The van der Waals surface area contributed by atoms with Gasteiger partial charge < -0.3 is 20.1 Å². The van der Waals surface area contributed by atoms with Crippen molar-refractivity contribution in [2.45, 2.75) is 51.2 Å². The number of nitrogens with one attached hydrogen (secondary N) is 1. The third-order valence-electron chi connectivity index (χ3n) is 4.35. The lowest BCUT2D eigenvalue weighted by Gasteiger charge is -2.25. The second-order valence-corrected chi connectivity index (χ2v) is 5.68. The summed E-state index contributed by atoms with van der Waals surface area (Å²) >= 11 is 0. The predicted octanol–water partition coefficient (Wildman–Crippen LogP) is 1.45. The first-order valence-corrected chi connectivity index (χ1v) is 7.48. The van der Waals surface area contributed by atoms with Crippen molar-refractivity contribution in [1.29, 1.82) is 0 Å². The van der Waals surface area contributed by atoms with Crippen molar-refractivity contribution in [2.24, 2.45) is 5.92 Å². The lowest BCUT2D eigenvalue weighted by atomic mass is 10.0. The molecular weight excluding hydrogens is 260 g/mol. The van der Waals surface area contributed by atoms with Gasteiger partial charge in [-0.25, -0.2) is 4.79 Å². The fourth-order valence-electron chi connectivity index (χ4n) is 3.03. The average molecular weight is 284 g/mol. The summed E-state index contributed by atoms with van der Waals surface area (Å²) in [4.78, 5) is 24.7. The Morgan fingerprint density at radius 2 is 2.15 bits per heavy atom. The minimum absolute atomic E-state index is 0.156. The van der Waals surface area contributed by atoms with E-state index in [4.69, 9.17) is 9.84 Å². The molecular formula is C14H24N2O4. The highest BCUT2D eigenvalue weighted by molar-refractivity contribution is 5.78. The summed E-state index contributed by atoms with van der Waals surface area (Å²) in [6.07, 6.45) is 5.02. The third-order valence-corrected chi connectivity index (χ3v) is 4.35. The summed E-state index contributed by atoms with van der Waals surface area (Å²) in [5.74, 6) is -1.26. The third kappa shape index (κ3) is 3.62. The molecule has 2 fully saturated rings. The summed E-state index contributed by atoms with van der Waals surface area (Å²) in [7, 11) is 0. The summed E-state index contributed by atoms with van der Waals surface area (Å²) in [5.41, 5.74) is 0. The summed E-state index contributed by atoms with van der Waals surface area (Å²) in [5, 5.41) is 11.9. The zero-order chi connectivity index (χ0) is 14.5. The molecule has 0 aromatic carbocycles. The fraction of sp³-hybridized carbons (Fsp3) is 0.857. The fourth-order valence-corrected chi connectivity index (χ4v) is 3.03. The van der Waals surface area contributed by atoms with Gasteiger partial charge in [0.1, 0.15) is 0 Å². The lowest BCUT2D eigenvalue weighted by Crippen LogP contribution is -2.44. The molecule has 2 aliphatic heterocycles. The Morgan fingerprint density at radius 3 is 2.75 bits per heavy atom. The van der Waals surface area contributed by atoms with Crippen LogP contribution in [-0.2, 0) is 9.53 Å². The van der Waals surface area contributed by atoms with Gasteiger partial charge in [0, 0.05) is 25.7 Å². The summed E-state index contributed by atoms with van der Waals surface area (Å²) in [6.45, 7) is 3.73. The van der Waals surface area contributed by atoms with E-state index in [0.717, 1.165) is 25.9 Å². The van der Waals surface area contributed by atoms with Gasteiger partial charge in [-0.3, -0.25) is 4.79 Å². The number of hydrogen-bond acceptors (Lipinski definition) is 3. The topological polar surface area (TPSA) is 78.9 Å². The number of nitrogens with zero attached hydrogens (tertiary/aromatic N) is 1. The highest BCUT2D eigenvalue weighted by Gasteiger charge is 2.37. The molecule has 114 valence electrons. The molecule has 2 aliphatic rings. The van der Waals surface area contributed by atoms with Gasteiger partial charge in [-0.2, -0.15) is 0 Å². The zero-order valence-corrected chi connectivity index (χ0v) is 12.0. The van der Waals surface area contributed by atoms with Gasteiger partial charge in [-0.1, -0.05) is 0 Å². The predicted molar refractivity (Wildman–Crippen MR) is 73.5 cm³/mol. The smallest absolute Gasteiger partial charge is 0.317 e.